The summed E-state index contributed by atoms with van der Waals surface area (Å²) in [5, 5.41) is 3.55. The number of aryl methyl sites for hydroxylation is 1. The fourth-order valence-corrected chi connectivity index (χ4v) is 2.90. The van der Waals surface area contributed by atoms with Crippen LogP contribution in [0.15, 0.2) is 42.5 Å². The minimum absolute atomic E-state index is 0.108. The number of benzene rings is 2. The van der Waals surface area contributed by atoms with E-state index in [0.29, 0.717) is 17.3 Å². The van der Waals surface area contributed by atoms with Crippen LogP contribution in [-0.4, -0.2) is 34.5 Å². The molecule has 6 heteroatoms. The monoisotopic (exact) mass is 356 g/mol. The summed E-state index contributed by atoms with van der Waals surface area (Å²) in [7, 11) is 3.97. The predicted molar refractivity (Wildman–Crippen MR) is 102 cm³/mol. The van der Waals surface area contributed by atoms with Gasteiger partial charge in [-0.2, -0.15) is 0 Å². The van der Waals surface area contributed by atoms with E-state index in [0.717, 1.165) is 22.4 Å². The van der Waals surface area contributed by atoms with Crippen LogP contribution >= 0.6 is 11.6 Å². The summed E-state index contributed by atoms with van der Waals surface area (Å²) < 4.78 is 1.96. The molecule has 0 aliphatic heterocycles. The van der Waals surface area contributed by atoms with Crippen molar-refractivity contribution in [2.75, 3.05) is 19.4 Å². The SMILES string of the molecule is Cc1ccc(NC(=O)Cn2c(CN(C)C)nc3ccccc32)cc1Cl. The second kappa shape index (κ2) is 7.25. The van der Waals surface area contributed by atoms with Gasteiger partial charge in [0.2, 0.25) is 5.91 Å². The Bertz CT molecular complexity index is 917. The van der Waals surface area contributed by atoms with Gasteiger partial charge in [0.25, 0.3) is 0 Å². The molecule has 0 aliphatic carbocycles. The zero-order chi connectivity index (χ0) is 18.0. The highest BCUT2D eigenvalue weighted by molar-refractivity contribution is 6.31. The van der Waals surface area contributed by atoms with E-state index < -0.39 is 0 Å². The van der Waals surface area contributed by atoms with Crippen LogP contribution in [-0.2, 0) is 17.9 Å². The van der Waals surface area contributed by atoms with Gasteiger partial charge in [-0.1, -0.05) is 29.8 Å². The van der Waals surface area contributed by atoms with E-state index >= 15 is 0 Å². The Balaban J connectivity index is 1.85. The van der Waals surface area contributed by atoms with E-state index in [1.807, 2.05) is 66.9 Å². The molecule has 2 aromatic carbocycles. The molecule has 5 nitrogen and oxygen atoms in total. The van der Waals surface area contributed by atoms with E-state index in [4.69, 9.17) is 11.6 Å². The highest BCUT2D eigenvalue weighted by atomic mass is 35.5. The maximum atomic E-state index is 12.5. The molecule has 0 fully saturated rings. The maximum absolute atomic E-state index is 12.5. The van der Waals surface area contributed by atoms with Crippen molar-refractivity contribution in [3.8, 4) is 0 Å². The van der Waals surface area contributed by atoms with Gasteiger partial charge in [0.05, 0.1) is 17.6 Å². The van der Waals surface area contributed by atoms with Crippen LogP contribution in [0.3, 0.4) is 0 Å². The number of carbonyl (C=O) groups is 1. The third kappa shape index (κ3) is 4.00. The van der Waals surface area contributed by atoms with Crippen LogP contribution in [0.1, 0.15) is 11.4 Å². The number of hydrogen-bond donors (Lipinski definition) is 1. The molecule has 3 aromatic rings. The van der Waals surface area contributed by atoms with Crippen LogP contribution in [0, 0.1) is 6.92 Å². The van der Waals surface area contributed by atoms with Crippen LogP contribution in [0.2, 0.25) is 5.02 Å². The Labute approximate surface area is 152 Å². The first-order chi connectivity index (χ1) is 11.9. The number of amides is 1. The lowest BCUT2D eigenvalue weighted by Crippen LogP contribution is -2.22. The maximum Gasteiger partial charge on any atom is 0.244 e. The number of rotatable bonds is 5. The molecule has 0 radical (unpaired) electrons. The number of halogens is 1. The third-order valence-corrected chi connectivity index (χ3v) is 4.36. The molecule has 0 spiro atoms. The van der Waals surface area contributed by atoms with Crippen molar-refractivity contribution in [3.63, 3.8) is 0 Å². The molecule has 1 amide bonds. The van der Waals surface area contributed by atoms with Crippen molar-refractivity contribution in [1.29, 1.82) is 0 Å². The van der Waals surface area contributed by atoms with E-state index in [2.05, 4.69) is 10.3 Å². The molecule has 1 aromatic heterocycles. The number of nitrogens with one attached hydrogen (secondary N) is 1. The smallest absolute Gasteiger partial charge is 0.244 e. The average Bonchev–Trinajstić information content (AvgIpc) is 2.88. The van der Waals surface area contributed by atoms with Crippen LogP contribution in [0.4, 0.5) is 5.69 Å². The van der Waals surface area contributed by atoms with Gasteiger partial charge in [0, 0.05) is 10.7 Å². The molecular weight excluding hydrogens is 336 g/mol. The molecule has 1 heterocycles. The zero-order valence-electron chi connectivity index (χ0n) is 14.6. The molecule has 0 saturated heterocycles. The molecule has 0 atom stereocenters. The molecule has 1 N–H and O–H groups in total. The molecule has 3 rings (SSSR count). The summed E-state index contributed by atoms with van der Waals surface area (Å²) >= 11 is 6.13. The van der Waals surface area contributed by atoms with Gasteiger partial charge in [-0.3, -0.25) is 4.79 Å². The number of carbonyl (C=O) groups excluding carboxylic acids is 1. The second-order valence-electron chi connectivity index (χ2n) is 6.35. The first-order valence-electron chi connectivity index (χ1n) is 8.09. The number of anilines is 1. The number of para-hydroxylation sites is 2. The Morgan fingerprint density at radius 2 is 2.00 bits per heavy atom. The second-order valence-corrected chi connectivity index (χ2v) is 6.76. The lowest BCUT2D eigenvalue weighted by molar-refractivity contribution is -0.116. The molecule has 130 valence electrons. The van der Waals surface area contributed by atoms with Crippen LogP contribution in [0.5, 0.6) is 0 Å². The van der Waals surface area contributed by atoms with Gasteiger partial charge in [-0.05, 0) is 50.8 Å². The van der Waals surface area contributed by atoms with Gasteiger partial charge in [0.1, 0.15) is 12.4 Å². The first-order valence-corrected chi connectivity index (χ1v) is 8.46. The number of fused-ring (bicyclic) bond motifs is 1. The summed E-state index contributed by atoms with van der Waals surface area (Å²) in [5.41, 5.74) is 3.52. The quantitative estimate of drug-likeness (QED) is 0.758. The van der Waals surface area contributed by atoms with Gasteiger partial charge < -0.3 is 14.8 Å². The van der Waals surface area contributed by atoms with Crippen molar-refractivity contribution >= 4 is 34.2 Å². The lowest BCUT2D eigenvalue weighted by atomic mass is 10.2. The molecule has 0 saturated carbocycles. The summed E-state index contributed by atoms with van der Waals surface area (Å²) in [6.45, 7) is 2.80. The van der Waals surface area contributed by atoms with Crippen molar-refractivity contribution in [3.05, 3.63) is 58.9 Å². The third-order valence-electron chi connectivity index (χ3n) is 3.95. The molecular formula is C19H21ClN4O. The highest BCUT2D eigenvalue weighted by Gasteiger charge is 2.14. The normalized spacial score (nSPS) is 11.2. The predicted octanol–water partition coefficient (Wildman–Crippen LogP) is 3.70. The largest absolute Gasteiger partial charge is 0.324 e. The minimum Gasteiger partial charge on any atom is -0.324 e. The van der Waals surface area contributed by atoms with Crippen molar-refractivity contribution < 1.29 is 4.79 Å². The van der Waals surface area contributed by atoms with Crippen molar-refractivity contribution in [2.24, 2.45) is 0 Å². The number of nitrogens with zero attached hydrogens (tertiary/aromatic N) is 3. The van der Waals surface area contributed by atoms with Crippen LogP contribution < -0.4 is 5.32 Å². The standard InChI is InChI=1S/C19H21ClN4O/c1-13-8-9-14(10-15(13)20)21-19(25)12-24-17-7-5-4-6-16(17)22-18(24)11-23(2)3/h4-10H,11-12H2,1-3H3,(H,21,25). The summed E-state index contributed by atoms with van der Waals surface area (Å²) in [5.74, 6) is 0.756. The summed E-state index contributed by atoms with van der Waals surface area (Å²) in [6.07, 6.45) is 0. The van der Waals surface area contributed by atoms with E-state index in [9.17, 15) is 4.79 Å². The average molecular weight is 357 g/mol. The first kappa shape index (κ1) is 17.5. The Hall–Kier alpha value is -2.37. The van der Waals surface area contributed by atoms with E-state index in [1.165, 1.54) is 0 Å². The highest BCUT2D eigenvalue weighted by Crippen LogP contribution is 2.21. The molecule has 0 bridgehead atoms. The number of hydrogen-bond acceptors (Lipinski definition) is 3. The van der Waals surface area contributed by atoms with Gasteiger partial charge in [0.15, 0.2) is 0 Å². The molecule has 0 unspecified atom stereocenters. The summed E-state index contributed by atoms with van der Waals surface area (Å²) in [4.78, 5) is 19.2. The minimum atomic E-state index is -0.108. The molecule has 25 heavy (non-hydrogen) atoms. The van der Waals surface area contributed by atoms with Gasteiger partial charge in [-0.15, -0.1) is 0 Å². The Kier molecular flexibility index (Phi) is 5.06. The Morgan fingerprint density at radius 3 is 2.72 bits per heavy atom. The lowest BCUT2D eigenvalue weighted by Gasteiger charge is -2.13. The molecule has 0 aliphatic rings. The fourth-order valence-electron chi connectivity index (χ4n) is 2.72. The van der Waals surface area contributed by atoms with Gasteiger partial charge >= 0.3 is 0 Å². The van der Waals surface area contributed by atoms with E-state index in [1.54, 1.807) is 6.07 Å². The van der Waals surface area contributed by atoms with Crippen molar-refractivity contribution in [2.45, 2.75) is 20.0 Å². The van der Waals surface area contributed by atoms with Crippen molar-refractivity contribution in [1.82, 2.24) is 14.5 Å². The number of imidazole rings is 1. The van der Waals surface area contributed by atoms with Crippen LogP contribution in [0.25, 0.3) is 11.0 Å². The number of aromatic nitrogens is 2. The summed E-state index contributed by atoms with van der Waals surface area (Å²) in [6, 6.07) is 13.4. The topological polar surface area (TPSA) is 50.2 Å². The Morgan fingerprint density at radius 1 is 1.24 bits per heavy atom. The zero-order valence-corrected chi connectivity index (χ0v) is 15.3. The van der Waals surface area contributed by atoms with Gasteiger partial charge in [-0.25, -0.2) is 4.98 Å². The fraction of sp³-hybridized carbons (Fsp3) is 0.263. The van der Waals surface area contributed by atoms with E-state index in [-0.39, 0.29) is 12.5 Å².